The minimum absolute atomic E-state index is 0.0436. The lowest BCUT2D eigenvalue weighted by molar-refractivity contribution is -0.384. The van der Waals surface area contributed by atoms with Crippen molar-refractivity contribution in [2.75, 3.05) is 5.32 Å². The van der Waals surface area contributed by atoms with E-state index in [2.05, 4.69) is 26.4 Å². The van der Waals surface area contributed by atoms with Crippen molar-refractivity contribution in [2.45, 2.75) is 6.54 Å². The molecule has 0 aliphatic carbocycles. The van der Waals surface area contributed by atoms with Gasteiger partial charge in [0.2, 0.25) is 0 Å². The van der Waals surface area contributed by atoms with Crippen molar-refractivity contribution in [3.05, 3.63) is 50.8 Å². The summed E-state index contributed by atoms with van der Waals surface area (Å²) in [5.41, 5.74) is 0.800. The maximum Gasteiger partial charge on any atom is 0.270 e. The summed E-state index contributed by atoms with van der Waals surface area (Å²) in [5, 5.41) is 17.2. The lowest BCUT2D eigenvalue weighted by atomic mass is 10.3. The second-order valence-electron chi connectivity index (χ2n) is 3.25. The molecular weight excluding hydrogens is 290 g/mol. The van der Waals surface area contributed by atoms with Crippen LogP contribution in [-0.4, -0.2) is 10.1 Å². The fourth-order valence-corrected chi connectivity index (χ4v) is 1.78. The van der Waals surface area contributed by atoms with Crippen LogP contribution in [0.3, 0.4) is 0 Å². The first kappa shape index (κ1) is 11.6. The monoisotopic (exact) mass is 297 g/mol. The third-order valence-corrected chi connectivity index (χ3v) is 2.76. The third kappa shape index (κ3) is 2.82. The number of halogens is 1. The second-order valence-corrected chi connectivity index (χ2v) is 4.11. The standard InChI is InChI=1S/C10H8BrN3O3/c11-9-5-7(14(15)16)1-2-10(9)12-6-8-3-4-13-17-8/h1-5,12H,6H2. The molecule has 88 valence electrons. The molecule has 1 heterocycles. The van der Waals surface area contributed by atoms with Crippen molar-refractivity contribution in [2.24, 2.45) is 0 Å². The SMILES string of the molecule is O=[N+]([O-])c1ccc(NCc2ccno2)c(Br)c1. The van der Waals surface area contributed by atoms with Crippen LogP contribution >= 0.6 is 15.9 Å². The molecule has 0 unspecified atom stereocenters. The van der Waals surface area contributed by atoms with Crippen molar-refractivity contribution in [1.82, 2.24) is 5.16 Å². The summed E-state index contributed by atoms with van der Waals surface area (Å²) < 4.78 is 5.55. The Labute approximate surface area is 105 Å². The largest absolute Gasteiger partial charge is 0.377 e. The van der Waals surface area contributed by atoms with Gasteiger partial charge in [-0.2, -0.15) is 0 Å². The Hall–Kier alpha value is -1.89. The van der Waals surface area contributed by atoms with Crippen molar-refractivity contribution in [3.8, 4) is 0 Å². The summed E-state index contributed by atoms with van der Waals surface area (Å²) in [7, 11) is 0. The minimum Gasteiger partial charge on any atom is -0.377 e. The number of hydrogen-bond donors (Lipinski definition) is 1. The van der Waals surface area contributed by atoms with Crippen LogP contribution in [0.2, 0.25) is 0 Å². The van der Waals surface area contributed by atoms with Crippen LogP contribution in [-0.2, 0) is 6.54 Å². The highest BCUT2D eigenvalue weighted by Crippen LogP contribution is 2.27. The van der Waals surface area contributed by atoms with E-state index in [0.717, 1.165) is 5.69 Å². The zero-order chi connectivity index (χ0) is 12.3. The number of anilines is 1. The van der Waals surface area contributed by atoms with Gasteiger partial charge in [0.25, 0.3) is 5.69 Å². The fourth-order valence-electron chi connectivity index (χ4n) is 1.28. The number of hydrogen-bond acceptors (Lipinski definition) is 5. The van der Waals surface area contributed by atoms with E-state index in [-0.39, 0.29) is 5.69 Å². The number of nitrogens with zero attached hydrogens (tertiary/aromatic N) is 2. The van der Waals surface area contributed by atoms with Crippen LogP contribution < -0.4 is 5.32 Å². The number of nitro benzene ring substituents is 1. The molecular formula is C10H8BrN3O3. The quantitative estimate of drug-likeness (QED) is 0.693. The van der Waals surface area contributed by atoms with Crippen LogP contribution in [0, 0.1) is 10.1 Å². The number of non-ortho nitro benzene ring substituents is 1. The molecule has 1 aromatic carbocycles. The number of nitro groups is 1. The predicted octanol–water partition coefficient (Wildman–Crippen LogP) is 2.96. The highest BCUT2D eigenvalue weighted by atomic mass is 79.9. The maximum absolute atomic E-state index is 10.6. The molecule has 0 aliphatic heterocycles. The molecule has 2 rings (SSSR count). The molecule has 0 aliphatic rings. The van der Waals surface area contributed by atoms with Gasteiger partial charge >= 0.3 is 0 Å². The van der Waals surface area contributed by atoms with Gasteiger partial charge < -0.3 is 9.84 Å². The predicted molar refractivity (Wildman–Crippen MR) is 64.6 cm³/mol. The highest BCUT2D eigenvalue weighted by Gasteiger charge is 2.09. The molecule has 2 aromatic rings. The van der Waals surface area contributed by atoms with Crippen molar-refractivity contribution < 1.29 is 9.45 Å². The van der Waals surface area contributed by atoms with Crippen molar-refractivity contribution in [3.63, 3.8) is 0 Å². The topological polar surface area (TPSA) is 81.2 Å². The first-order valence-electron chi connectivity index (χ1n) is 4.74. The summed E-state index contributed by atoms with van der Waals surface area (Å²) in [6, 6.07) is 6.26. The molecule has 0 radical (unpaired) electrons. The van der Waals surface area contributed by atoms with Crippen LogP contribution in [0.25, 0.3) is 0 Å². The van der Waals surface area contributed by atoms with Gasteiger partial charge in [-0.25, -0.2) is 0 Å². The molecule has 0 spiro atoms. The maximum atomic E-state index is 10.6. The molecule has 1 N–H and O–H groups in total. The highest BCUT2D eigenvalue weighted by molar-refractivity contribution is 9.10. The van der Waals surface area contributed by atoms with Gasteiger partial charge in [-0.05, 0) is 22.0 Å². The number of aromatic nitrogens is 1. The van der Waals surface area contributed by atoms with Crippen LogP contribution in [0.5, 0.6) is 0 Å². The minimum atomic E-state index is -0.439. The molecule has 0 saturated heterocycles. The number of nitrogens with one attached hydrogen (secondary N) is 1. The van der Waals surface area contributed by atoms with Gasteiger partial charge in [-0.15, -0.1) is 0 Å². The summed E-state index contributed by atoms with van der Waals surface area (Å²) in [4.78, 5) is 10.1. The molecule has 7 heteroatoms. The van der Waals surface area contributed by atoms with E-state index in [1.165, 1.54) is 12.1 Å². The van der Waals surface area contributed by atoms with Gasteiger partial charge in [0.1, 0.15) is 0 Å². The zero-order valence-corrected chi connectivity index (χ0v) is 10.2. The number of rotatable bonds is 4. The van der Waals surface area contributed by atoms with Gasteiger partial charge in [0.15, 0.2) is 5.76 Å². The smallest absolute Gasteiger partial charge is 0.270 e. The summed E-state index contributed by atoms with van der Waals surface area (Å²) in [5.74, 6) is 0.690. The summed E-state index contributed by atoms with van der Waals surface area (Å²) in [6.07, 6.45) is 1.56. The molecule has 17 heavy (non-hydrogen) atoms. The van der Waals surface area contributed by atoms with Crippen molar-refractivity contribution >= 4 is 27.3 Å². The van der Waals surface area contributed by atoms with Gasteiger partial charge in [0.05, 0.1) is 17.7 Å². The van der Waals surface area contributed by atoms with E-state index in [4.69, 9.17) is 4.52 Å². The van der Waals surface area contributed by atoms with E-state index < -0.39 is 4.92 Å². The first-order valence-corrected chi connectivity index (χ1v) is 5.53. The van der Waals surface area contributed by atoms with Crippen LogP contribution in [0.15, 0.2) is 39.5 Å². The van der Waals surface area contributed by atoms with Gasteiger partial charge in [-0.1, -0.05) is 5.16 Å². The van der Waals surface area contributed by atoms with Crippen LogP contribution in [0.4, 0.5) is 11.4 Å². The van der Waals surface area contributed by atoms with Gasteiger partial charge in [0, 0.05) is 28.4 Å². The second kappa shape index (κ2) is 4.96. The van der Waals surface area contributed by atoms with E-state index in [9.17, 15) is 10.1 Å². The molecule has 0 saturated carbocycles. The van der Waals surface area contributed by atoms with Crippen molar-refractivity contribution in [1.29, 1.82) is 0 Å². The average Bonchev–Trinajstić information content (AvgIpc) is 2.80. The Morgan fingerprint density at radius 1 is 1.47 bits per heavy atom. The summed E-state index contributed by atoms with van der Waals surface area (Å²) in [6.45, 7) is 0.469. The first-order chi connectivity index (χ1) is 8.16. The van der Waals surface area contributed by atoms with E-state index in [0.29, 0.717) is 16.8 Å². The lowest BCUT2D eigenvalue weighted by Gasteiger charge is -2.05. The zero-order valence-electron chi connectivity index (χ0n) is 8.59. The summed E-state index contributed by atoms with van der Waals surface area (Å²) >= 11 is 3.27. The van der Waals surface area contributed by atoms with E-state index in [1.54, 1.807) is 18.3 Å². The fraction of sp³-hybridized carbons (Fsp3) is 0.100. The molecule has 0 amide bonds. The molecule has 6 nitrogen and oxygen atoms in total. The Morgan fingerprint density at radius 3 is 2.88 bits per heavy atom. The molecule has 1 aromatic heterocycles. The Kier molecular flexibility index (Phi) is 3.38. The number of benzene rings is 1. The Morgan fingerprint density at radius 2 is 2.29 bits per heavy atom. The Balaban J connectivity index is 2.09. The van der Waals surface area contributed by atoms with Crippen LogP contribution in [0.1, 0.15) is 5.76 Å². The molecule has 0 bridgehead atoms. The molecule has 0 atom stereocenters. The average molecular weight is 298 g/mol. The van der Waals surface area contributed by atoms with E-state index in [1.807, 2.05) is 0 Å². The van der Waals surface area contributed by atoms with E-state index >= 15 is 0 Å². The molecule has 0 fully saturated rings. The third-order valence-electron chi connectivity index (χ3n) is 2.11. The normalized spacial score (nSPS) is 10.2. The lowest BCUT2D eigenvalue weighted by Crippen LogP contribution is -1.99. The Bertz CT molecular complexity index is 528. The van der Waals surface area contributed by atoms with Gasteiger partial charge in [-0.3, -0.25) is 10.1 Å².